The number of carbonyl (C=O) groups excluding carboxylic acids is 1. The Morgan fingerprint density at radius 2 is 1.47 bits per heavy atom. The molecule has 1 heterocycles. The van der Waals surface area contributed by atoms with Gasteiger partial charge in [-0.1, -0.05) is 42.0 Å². The average Bonchev–Trinajstić information content (AvgIpc) is 2.89. The number of aromatic nitrogens is 1. The SMILES string of the molecule is COc1ccc(-c2cc(=O)n(C(C(=O)NC(C)(C)C)c3ccc(C)cc3)c3cc(OC)cc(OC)c23)cc1. The molecular formula is C31H34N2O5. The number of hydrogen-bond acceptors (Lipinski definition) is 5. The summed E-state index contributed by atoms with van der Waals surface area (Å²) < 4.78 is 18.2. The Bertz CT molecular complexity index is 1510. The van der Waals surface area contributed by atoms with Gasteiger partial charge in [-0.05, 0) is 51.0 Å². The highest BCUT2D eigenvalue weighted by molar-refractivity contribution is 6.01. The maximum Gasteiger partial charge on any atom is 0.252 e. The molecule has 198 valence electrons. The number of nitrogens with one attached hydrogen (secondary N) is 1. The van der Waals surface area contributed by atoms with E-state index >= 15 is 0 Å². The minimum Gasteiger partial charge on any atom is -0.497 e. The number of fused-ring (bicyclic) bond motifs is 1. The predicted molar refractivity (Wildman–Crippen MR) is 151 cm³/mol. The number of pyridine rings is 1. The molecule has 1 N–H and O–H groups in total. The summed E-state index contributed by atoms with van der Waals surface area (Å²) in [6, 6.07) is 19.3. The van der Waals surface area contributed by atoms with E-state index in [-0.39, 0.29) is 11.5 Å². The molecule has 0 bridgehead atoms. The largest absolute Gasteiger partial charge is 0.497 e. The lowest BCUT2D eigenvalue weighted by Crippen LogP contribution is -2.46. The molecule has 3 aromatic carbocycles. The Morgan fingerprint density at radius 1 is 0.842 bits per heavy atom. The van der Waals surface area contributed by atoms with Gasteiger partial charge in [-0.2, -0.15) is 0 Å². The van der Waals surface area contributed by atoms with Crippen LogP contribution >= 0.6 is 0 Å². The van der Waals surface area contributed by atoms with Gasteiger partial charge >= 0.3 is 0 Å². The summed E-state index contributed by atoms with van der Waals surface area (Å²) in [5, 5.41) is 3.76. The lowest BCUT2D eigenvalue weighted by Gasteiger charge is -2.28. The van der Waals surface area contributed by atoms with E-state index in [1.54, 1.807) is 39.5 Å². The van der Waals surface area contributed by atoms with Crippen LogP contribution in [0.3, 0.4) is 0 Å². The van der Waals surface area contributed by atoms with Gasteiger partial charge in [0, 0.05) is 34.7 Å². The van der Waals surface area contributed by atoms with Crippen molar-refractivity contribution >= 4 is 16.8 Å². The number of carbonyl (C=O) groups is 1. The molecule has 1 atom stereocenters. The monoisotopic (exact) mass is 514 g/mol. The van der Waals surface area contributed by atoms with Gasteiger partial charge in [0.15, 0.2) is 0 Å². The highest BCUT2D eigenvalue weighted by atomic mass is 16.5. The summed E-state index contributed by atoms with van der Waals surface area (Å²) in [5.74, 6) is 1.45. The van der Waals surface area contributed by atoms with Gasteiger partial charge in [-0.15, -0.1) is 0 Å². The van der Waals surface area contributed by atoms with Crippen molar-refractivity contribution < 1.29 is 19.0 Å². The van der Waals surface area contributed by atoms with E-state index < -0.39 is 11.6 Å². The van der Waals surface area contributed by atoms with Crippen molar-refractivity contribution in [1.29, 1.82) is 0 Å². The third-order valence-electron chi connectivity index (χ3n) is 6.34. The lowest BCUT2D eigenvalue weighted by molar-refractivity contribution is -0.124. The van der Waals surface area contributed by atoms with Gasteiger partial charge in [-0.3, -0.25) is 14.2 Å². The molecule has 38 heavy (non-hydrogen) atoms. The predicted octanol–water partition coefficient (Wildman–Crippen LogP) is 5.51. The van der Waals surface area contributed by atoms with Crippen LogP contribution in [0.1, 0.15) is 37.9 Å². The van der Waals surface area contributed by atoms with Gasteiger partial charge < -0.3 is 19.5 Å². The van der Waals surface area contributed by atoms with Gasteiger partial charge in [-0.25, -0.2) is 0 Å². The first-order valence-electron chi connectivity index (χ1n) is 12.4. The third-order valence-corrected chi connectivity index (χ3v) is 6.34. The maximum atomic E-state index is 14.0. The second-order valence-electron chi connectivity index (χ2n) is 10.3. The molecule has 7 heteroatoms. The summed E-state index contributed by atoms with van der Waals surface area (Å²) in [5.41, 5.74) is 2.94. The number of methoxy groups -OCH3 is 3. The van der Waals surface area contributed by atoms with Gasteiger partial charge in [0.1, 0.15) is 23.3 Å². The number of aryl methyl sites for hydroxylation is 1. The van der Waals surface area contributed by atoms with Gasteiger partial charge in [0.2, 0.25) is 5.91 Å². The maximum absolute atomic E-state index is 14.0. The zero-order valence-electron chi connectivity index (χ0n) is 22.9. The number of amides is 1. The van der Waals surface area contributed by atoms with Crippen molar-refractivity contribution in [3.63, 3.8) is 0 Å². The minimum absolute atomic E-state index is 0.288. The smallest absolute Gasteiger partial charge is 0.252 e. The molecule has 7 nitrogen and oxygen atoms in total. The summed E-state index contributed by atoms with van der Waals surface area (Å²) >= 11 is 0. The van der Waals surface area contributed by atoms with Crippen LogP contribution in [0.25, 0.3) is 22.0 Å². The molecule has 0 aliphatic heterocycles. The van der Waals surface area contributed by atoms with Crippen molar-refractivity contribution in [2.24, 2.45) is 0 Å². The van der Waals surface area contributed by atoms with Crippen LogP contribution in [0, 0.1) is 6.92 Å². The molecule has 0 saturated carbocycles. The van der Waals surface area contributed by atoms with Crippen LogP contribution in [0.4, 0.5) is 0 Å². The highest BCUT2D eigenvalue weighted by Crippen LogP contribution is 2.39. The molecule has 4 rings (SSSR count). The Balaban J connectivity index is 2.10. The quantitative estimate of drug-likeness (QED) is 0.352. The Morgan fingerprint density at radius 3 is 2.03 bits per heavy atom. The molecule has 0 fully saturated rings. The summed E-state index contributed by atoms with van der Waals surface area (Å²) in [7, 11) is 4.74. The Kier molecular flexibility index (Phi) is 7.49. The first-order chi connectivity index (χ1) is 18.1. The number of ether oxygens (including phenoxy) is 3. The molecule has 0 saturated heterocycles. The normalized spacial score (nSPS) is 12.2. The van der Waals surface area contributed by atoms with Gasteiger partial charge in [0.25, 0.3) is 5.56 Å². The fraction of sp³-hybridized carbons (Fsp3) is 0.290. The van der Waals surface area contributed by atoms with Crippen LogP contribution in [0.2, 0.25) is 0 Å². The van der Waals surface area contributed by atoms with E-state index in [0.717, 1.165) is 11.1 Å². The summed E-state index contributed by atoms with van der Waals surface area (Å²) in [6.07, 6.45) is 0. The molecule has 0 spiro atoms. The first kappa shape index (κ1) is 26.8. The number of benzene rings is 3. The van der Waals surface area contributed by atoms with E-state index in [0.29, 0.717) is 39.3 Å². The topological polar surface area (TPSA) is 78.8 Å². The van der Waals surface area contributed by atoms with Crippen LogP contribution in [-0.4, -0.2) is 37.3 Å². The van der Waals surface area contributed by atoms with Crippen LogP contribution in [0.15, 0.2) is 71.5 Å². The molecular weight excluding hydrogens is 480 g/mol. The first-order valence-corrected chi connectivity index (χ1v) is 12.4. The van der Waals surface area contributed by atoms with E-state index in [9.17, 15) is 9.59 Å². The molecule has 4 aromatic rings. The summed E-state index contributed by atoms with van der Waals surface area (Å²) in [6.45, 7) is 7.72. The number of hydrogen-bond donors (Lipinski definition) is 1. The fourth-order valence-electron chi connectivity index (χ4n) is 4.57. The highest BCUT2D eigenvalue weighted by Gasteiger charge is 2.30. The molecule has 1 amide bonds. The second-order valence-corrected chi connectivity index (χ2v) is 10.3. The third kappa shape index (κ3) is 5.37. The van der Waals surface area contributed by atoms with Crippen LogP contribution < -0.4 is 25.1 Å². The lowest BCUT2D eigenvalue weighted by atomic mass is 9.97. The van der Waals surface area contributed by atoms with Gasteiger partial charge in [0.05, 0.1) is 26.8 Å². The van der Waals surface area contributed by atoms with Crippen molar-refractivity contribution in [2.45, 2.75) is 39.3 Å². The van der Waals surface area contributed by atoms with E-state index in [1.807, 2.05) is 76.2 Å². The summed E-state index contributed by atoms with van der Waals surface area (Å²) in [4.78, 5) is 27.8. The zero-order valence-corrected chi connectivity index (χ0v) is 22.9. The van der Waals surface area contributed by atoms with Crippen LogP contribution in [-0.2, 0) is 4.79 Å². The Hall–Kier alpha value is -4.26. The Labute approximate surface area is 223 Å². The molecule has 0 aliphatic rings. The zero-order chi connectivity index (χ0) is 27.6. The molecule has 0 radical (unpaired) electrons. The molecule has 1 unspecified atom stereocenters. The van der Waals surface area contributed by atoms with Crippen molar-refractivity contribution in [3.05, 3.63) is 88.2 Å². The minimum atomic E-state index is -0.924. The van der Waals surface area contributed by atoms with E-state index in [1.165, 1.54) is 4.57 Å². The molecule has 0 aliphatic carbocycles. The molecule has 1 aromatic heterocycles. The number of nitrogens with zero attached hydrogens (tertiary/aromatic N) is 1. The van der Waals surface area contributed by atoms with E-state index in [2.05, 4.69) is 5.32 Å². The van der Waals surface area contributed by atoms with E-state index in [4.69, 9.17) is 14.2 Å². The van der Waals surface area contributed by atoms with Crippen molar-refractivity contribution in [2.75, 3.05) is 21.3 Å². The number of rotatable bonds is 7. The fourth-order valence-corrected chi connectivity index (χ4v) is 4.57. The van der Waals surface area contributed by atoms with Crippen molar-refractivity contribution in [3.8, 4) is 28.4 Å². The standard InChI is InChI=1S/C31H34N2O5/c1-19-8-10-21(11-9-19)29(30(35)32-31(2,3)4)33-25-16-23(37-6)17-26(38-7)28(25)24(18-27(33)34)20-12-14-22(36-5)15-13-20/h8-18,29H,1-7H3,(H,32,35). The van der Waals surface area contributed by atoms with Crippen LogP contribution in [0.5, 0.6) is 17.2 Å². The second kappa shape index (κ2) is 10.6. The van der Waals surface area contributed by atoms with Crippen molar-refractivity contribution in [1.82, 2.24) is 9.88 Å². The average molecular weight is 515 g/mol.